The van der Waals surface area contributed by atoms with Crippen LogP contribution < -0.4 is 21.3 Å². The van der Waals surface area contributed by atoms with E-state index in [-0.39, 0.29) is 29.2 Å². The Hall–Kier alpha value is -4.28. The Morgan fingerprint density at radius 1 is 1.25 bits per heavy atom. The molecule has 162 valence electrons. The summed E-state index contributed by atoms with van der Waals surface area (Å²) < 4.78 is 6.62. The van der Waals surface area contributed by atoms with Crippen molar-refractivity contribution in [2.45, 2.75) is 25.4 Å². The van der Waals surface area contributed by atoms with Crippen LogP contribution in [-0.2, 0) is 6.54 Å². The second-order valence-corrected chi connectivity index (χ2v) is 7.47. The third-order valence-corrected chi connectivity index (χ3v) is 5.25. The predicted octanol–water partition coefficient (Wildman–Crippen LogP) is 1.14. The molecule has 1 fully saturated rings. The summed E-state index contributed by atoms with van der Waals surface area (Å²) in [6, 6.07) is 8.78. The Morgan fingerprint density at radius 3 is 2.75 bits per heavy atom. The smallest absolute Gasteiger partial charge is 0.330 e. The summed E-state index contributed by atoms with van der Waals surface area (Å²) in [6.45, 7) is 0.109. The fraction of sp³-hybridized carbons (Fsp3) is 0.238. The van der Waals surface area contributed by atoms with Gasteiger partial charge in [0.2, 0.25) is 0 Å². The minimum Gasteiger partial charge on any atom is -0.497 e. The summed E-state index contributed by atoms with van der Waals surface area (Å²) >= 11 is 0. The Morgan fingerprint density at radius 2 is 2.03 bits per heavy atom. The number of aromatic nitrogens is 6. The van der Waals surface area contributed by atoms with Crippen molar-refractivity contribution in [3.05, 3.63) is 68.8 Å². The first-order valence-electron chi connectivity index (χ1n) is 10.0. The van der Waals surface area contributed by atoms with Crippen molar-refractivity contribution in [2.75, 3.05) is 7.11 Å². The Bertz CT molecular complexity index is 1430. The molecule has 3 heterocycles. The molecular formula is C21H19N7O4. The van der Waals surface area contributed by atoms with E-state index in [0.29, 0.717) is 11.6 Å². The molecule has 1 aromatic carbocycles. The molecular weight excluding hydrogens is 414 g/mol. The quantitative estimate of drug-likeness (QED) is 0.413. The molecule has 0 unspecified atom stereocenters. The van der Waals surface area contributed by atoms with E-state index in [1.807, 2.05) is 24.3 Å². The zero-order valence-electron chi connectivity index (χ0n) is 17.1. The van der Waals surface area contributed by atoms with Crippen LogP contribution >= 0.6 is 0 Å². The monoisotopic (exact) mass is 433 g/mol. The van der Waals surface area contributed by atoms with Crippen molar-refractivity contribution < 1.29 is 9.53 Å². The largest absolute Gasteiger partial charge is 0.497 e. The van der Waals surface area contributed by atoms with Gasteiger partial charge >= 0.3 is 5.69 Å². The van der Waals surface area contributed by atoms with Crippen molar-refractivity contribution in [1.29, 1.82) is 0 Å². The summed E-state index contributed by atoms with van der Waals surface area (Å²) in [5.74, 6) is 1.27. The van der Waals surface area contributed by atoms with Crippen LogP contribution in [0.25, 0.3) is 22.4 Å². The van der Waals surface area contributed by atoms with Crippen molar-refractivity contribution in [3.63, 3.8) is 0 Å². The summed E-state index contributed by atoms with van der Waals surface area (Å²) in [4.78, 5) is 47.9. The summed E-state index contributed by atoms with van der Waals surface area (Å²) in [6.07, 6.45) is 3.08. The summed E-state index contributed by atoms with van der Waals surface area (Å²) in [5.41, 5.74) is 0.256. The van der Waals surface area contributed by atoms with Crippen molar-refractivity contribution in [2.24, 2.45) is 0 Å². The number of benzene rings is 1. The standard InChI is InChI=1S/C21H19N7O4/c1-32-14-6-2-11(3-7-14)17-24-16(26-27-17)10-23-19(29)12-8-15-18(22-9-12)28(13-4-5-13)21(31)25-20(15)30/h2-3,6-9,13H,4-5,10H2,1H3,(H,23,29)(H,24,26,27)(H,25,30,31). The molecule has 32 heavy (non-hydrogen) atoms. The first-order valence-corrected chi connectivity index (χ1v) is 10.0. The van der Waals surface area contributed by atoms with Gasteiger partial charge in [0.25, 0.3) is 11.5 Å². The number of rotatable bonds is 6. The van der Waals surface area contributed by atoms with Crippen LogP contribution in [-0.4, -0.2) is 42.7 Å². The van der Waals surface area contributed by atoms with Crippen LogP contribution in [0, 0.1) is 0 Å². The highest BCUT2D eigenvalue weighted by atomic mass is 16.5. The van der Waals surface area contributed by atoms with Crippen LogP contribution in [0.3, 0.4) is 0 Å². The topological polar surface area (TPSA) is 148 Å². The van der Waals surface area contributed by atoms with E-state index in [9.17, 15) is 14.4 Å². The highest BCUT2D eigenvalue weighted by Gasteiger charge is 2.27. The first-order chi connectivity index (χ1) is 15.5. The van der Waals surface area contributed by atoms with Gasteiger partial charge in [-0.15, -0.1) is 0 Å². The number of hydrogen-bond acceptors (Lipinski definition) is 7. The molecule has 0 atom stereocenters. The zero-order valence-corrected chi connectivity index (χ0v) is 17.1. The SMILES string of the molecule is COc1ccc(-c2n[nH]c(CNC(=O)c3cnc4c(c3)c(=O)[nH]c(=O)n4C3CC3)n2)cc1. The molecule has 3 N–H and O–H groups in total. The van der Waals surface area contributed by atoms with E-state index in [1.54, 1.807) is 7.11 Å². The number of fused-ring (bicyclic) bond motifs is 1. The molecule has 0 spiro atoms. The highest BCUT2D eigenvalue weighted by Crippen LogP contribution is 2.34. The van der Waals surface area contributed by atoms with Crippen LogP contribution in [0.1, 0.15) is 35.1 Å². The molecule has 0 bridgehead atoms. The fourth-order valence-electron chi connectivity index (χ4n) is 3.44. The van der Waals surface area contributed by atoms with Crippen LogP contribution in [0.2, 0.25) is 0 Å². The van der Waals surface area contributed by atoms with E-state index in [1.165, 1.54) is 16.8 Å². The number of nitrogens with zero attached hydrogens (tertiary/aromatic N) is 4. The van der Waals surface area contributed by atoms with E-state index in [2.05, 4.69) is 30.5 Å². The number of aromatic amines is 2. The number of methoxy groups -OCH3 is 1. The minimum atomic E-state index is -0.566. The zero-order chi connectivity index (χ0) is 22.2. The maximum absolute atomic E-state index is 12.6. The minimum absolute atomic E-state index is 0.0420. The number of H-pyrrole nitrogens is 2. The number of amides is 1. The number of carbonyl (C=O) groups is 1. The van der Waals surface area contributed by atoms with Crippen LogP contribution in [0.5, 0.6) is 5.75 Å². The number of hydrogen-bond donors (Lipinski definition) is 3. The third kappa shape index (κ3) is 3.64. The maximum atomic E-state index is 12.6. The van der Waals surface area contributed by atoms with Gasteiger partial charge in [-0.3, -0.25) is 24.2 Å². The molecule has 4 aromatic rings. The predicted molar refractivity (Wildman–Crippen MR) is 114 cm³/mol. The van der Waals surface area contributed by atoms with Crippen molar-refractivity contribution in [1.82, 2.24) is 35.0 Å². The summed E-state index contributed by atoms with van der Waals surface area (Å²) in [7, 11) is 1.59. The van der Waals surface area contributed by atoms with Gasteiger partial charge in [-0.05, 0) is 43.2 Å². The Labute approximate surface area is 180 Å². The van der Waals surface area contributed by atoms with E-state index in [0.717, 1.165) is 24.2 Å². The van der Waals surface area contributed by atoms with Gasteiger partial charge in [-0.25, -0.2) is 14.8 Å². The van der Waals surface area contributed by atoms with Gasteiger partial charge in [0.05, 0.1) is 24.6 Å². The van der Waals surface area contributed by atoms with E-state index >= 15 is 0 Å². The fourth-order valence-corrected chi connectivity index (χ4v) is 3.44. The first kappa shape index (κ1) is 19.7. The lowest BCUT2D eigenvalue weighted by Gasteiger charge is -2.08. The van der Waals surface area contributed by atoms with Crippen molar-refractivity contribution in [3.8, 4) is 17.1 Å². The van der Waals surface area contributed by atoms with Gasteiger partial charge in [0.15, 0.2) is 5.82 Å². The molecule has 0 saturated heterocycles. The average molecular weight is 433 g/mol. The van der Waals surface area contributed by atoms with Gasteiger partial charge < -0.3 is 10.1 Å². The van der Waals surface area contributed by atoms with Crippen molar-refractivity contribution >= 4 is 16.9 Å². The number of ether oxygens (including phenoxy) is 1. The second kappa shape index (κ2) is 7.76. The summed E-state index contributed by atoms with van der Waals surface area (Å²) in [5, 5.41) is 9.89. The maximum Gasteiger partial charge on any atom is 0.330 e. The van der Waals surface area contributed by atoms with E-state index < -0.39 is 17.2 Å². The number of nitrogens with one attached hydrogen (secondary N) is 3. The number of carbonyl (C=O) groups excluding carboxylic acids is 1. The molecule has 1 saturated carbocycles. The van der Waals surface area contributed by atoms with E-state index in [4.69, 9.17) is 4.74 Å². The average Bonchev–Trinajstić information content (AvgIpc) is 3.53. The highest BCUT2D eigenvalue weighted by molar-refractivity contribution is 5.96. The molecule has 1 aliphatic rings. The lowest BCUT2D eigenvalue weighted by molar-refractivity contribution is 0.0949. The van der Waals surface area contributed by atoms with Gasteiger partial charge in [-0.1, -0.05) is 0 Å². The molecule has 11 heteroatoms. The van der Waals surface area contributed by atoms with Crippen LogP contribution in [0.15, 0.2) is 46.1 Å². The molecule has 1 aliphatic carbocycles. The Balaban J connectivity index is 1.33. The molecule has 3 aromatic heterocycles. The lowest BCUT2D eigenvalue weighted by atomic mass is 10.2. The molecule has 0 aliphatic heterocycles. The number of pyridine rings is 1. The van der Waals surface area contributed by atoms with Gasteiger partial charge in [-0.2, -0.15) is 5.10 Å². The lowest BCUT2D eigenvalue weighted by Crippen LogP contribution is -2.31. The Kier molecular flexibility index (Phi) is 4.77. The molecule has 11 nitrogen and oxygen atoms in total. The molecule has 1 amide bonds. The third-order valence-electron chi connectivity index (χ3n) is 5.25. The van der Waals surface area contributed by atoms with Gasteiger partial charge in [0.1, 0.15) is 17.2 Å². The molecule has 5 rings (SSSR count). The molecule has 0 radical (unpaired) electrons. The second-order valence-electron chi connectivity index (χ2n) is 7.47. The van der Waals surface area contributed by atoms with Gasteiger partial charge in [0, 0.05) is 17.8 Å². The normalized spacial score (nSPS) is 13.3. The van der Waals surface area contributed by atoms with Crippen LogP contribution in [0.4, 0.5) is 0 Å².